The van der Waals surface area contributed by atoms with E-state index >= 15 is 0 Å². The van der Waals surface area contributed by atoms with Crippen LogP contribution in [0.25, 0.3) is 5.70 Å². The molecule has 28 heavy (non-hydrogen) atoms. The van der Waals surface area contributed by atoms with Gasteiger partial charge in [-0.15, -0.1) is 6.58 Å². The molecule has 1 aromatic heterocycles. The van der Waals surface area contributed by atoms with E-state index in [1.54, 1.807) is 0 Å². The maximum atomic E-state index is 4.79. The molecule has 4 rings (SSSR count). The van der Waals surface area contributed by atoms with E-state index in [1.165, 1.54) is 17.0 Å². The van der Waals surface area contributed by atoms with E-state index in [1.807, 2.05) is 0 Å². The van der Waals surface area contributed by atoms with Crippen molar-refractivity contribution in [2.75, 3.05) is 19.6 Å². The Kier molecular flexibility index (Phi) is 5.67. The Labute approximate surface area is 169 Å². The molecule has 2 unspecified atom stereocenters. The molecule has 3 heterocycles. The highest BCUT2D eigenvalue weighted by atomic mass is 15.1. The standard InChI is InChI=1S/C24H32N4/c1-4-20-9-10-24-26-23(17-28(24)15-20)19(3)25-13-18(2)14-27-12-11-21-7-5-6-8-22(21)16-27/h4-8,17-18,20,25H,1,3,9-16H2,2H3. The lowest BCUT2D eigenvalue weighted by atomic mass is 9.99. The molecule has 2 atom stereocenters. The average molecular weight is 377 g/mol. The lowest BCUT2D eigenvalue weighted by Gasteiger charge is -2.31. The number of imidazole rings is 1. The van der Waals surface area contributed by atoms with Crippen LogP contribution in [-0.2, 0) is 25.9 Å². The van der Waals surface area contributed by atoms with Crippen LogP contribution < -0.4 is 5.32 Å². The Balaban J connectivity index is 1.27. The van der Waals surface area contributed by atoms with Crippen molar-refractivity contribution in [3.63, 3.8) is 0 Å². The van der Waals surface area contributed by atoms with Crippen LogP contribution in [0, 0.1) is 11.8 Å². The Morgan fingerprint density at radius 3 is 2.96 bits per heavy atom. The molecule has 0 fully saturated rings. The molecule has 4 heteroatoms. The average Bonchev–Trinajstić information content (AvgIpc) is 3.15. The summed E-state index contributed by atoms with van der Waals surface area (Å²) in [5.41, 5.74) is 4.92. The smallest absolute Gasteiger partial charge is 0.109 e. The largest absolute Gasteiger partial charge is 0.383 e. The van der Waals surface area contributed by atoms with Gasteiger partial charge in [0, 0.05) is 45.3 Å². The van der Waals surface area contributed by atoms with Crippen LogP contribution in [-0.4, -0.2) is 34.1 Å². The van der Waals surface area contributed by atoms with Crippen LogP contribution in [0.2, 0.25) is 0 Å². The zero-order valence-electron chi connectivity index (χ0n) is 17.0. The fourth-order valence-electron chi connectivity index (χ4n) is 4.41. The number of aryl methyl sites for hydroxylation is 1. The van der Waals surface area contributed by atoms with Gasteiger partial charge in [-0.1, -0.05) is 43.8 Å². The number of allylic oxidation sites excluding steroid dienone is 1. The predicted octanol–water partition coefficient (Wildman–Crippen LogP) is 3.89. The summed E-state index contributed by atoms with van der Waals surface area (Å²) in [7, 11) is 0. The molecule has 0 saturated heterocycles. The molecule has 2 aliphatic rings. The zero-order chi connectivity index (χ0) is 19.5. The molecule has 0 bridgehead atoms. The third kappa shape index (κ3) is 4.22. The zero-order valence-corrected chi connectivity index (χ0v) is 17.0. The van der Waals surface area contributed by atoms with Crippen molar-refractivity contribution in [3.05, 3.63) is 72.3 Å². The van der Waals surface area contributed by atoms with Gasteiger partial charge >= 0.3 is 0 Å². The summed E-state index contributed by atoms with van der Waals surface area (Å²) in [5.74, 6) is 2.30. The Hall–Kier alpha value is -2.33. The van der Waals surface area contributed by atoms with Crippen molar-refractivity contribution >= 4 is 5.70 Å². The number of hydrogen-bond donors (Lipinski definition) is 1. The molecule has 0 amide bonds. The molecule has 2 aliphatic heterocycles. The van der Waals surface area contributed by atoms with Crippen molar-refractivity contribution in [1.29, 1.82) is 0 Å². The molecule has 1 aromatic carbocycles. The van der Waals surface area contributed by atoms with E-state index in [0.717, 1.165) is 63.4 Å². The molecule has 0 spiro atoms. The first kappa shape index (κ1) is 19.0. The van der Waals surface area contributed by atoms with Crippen molar-refractivity contribution in [1.82, 2.24) is 19.8 Å². The number of fused-ring (bicyclic) bond motifs is 2. The van der Waals surface area contributed by atoms with Crippen molar-refractivity contribution in [2.45, 2.75) is 39.3 Å². The molecule has 148 valence electrons. The lowest BCUT2D eigenvalue weighted by Crippen LogP contribution is -2.36. The maximum absolute atomic E-state index is 4.79. The molecule has 2 aromatic rings. The van der Waals surface area contributed by atoms with Crippen molar-refractivity contribution in [3.8, 4) is 0 Å². The Morgan fingerprint density at radius 1 is 1.32 bits per heavy atom. The number of benzene rings is 1. The lowest BCUT2D eigenvalue weighted by molar-refractivity contribution is 0.220. The SMILES string of the molecule is C=CC1CCc2nc(C(=C)NCC(C)CN3CCc4ccccc4C3)cn2C1. The van der Waals surface area contributed by atoms with Crippen LogP contribution in [0.5, 0.6) is 0 Å². The molecule has 0 radical (unpaired) electrons. The maximum Gasteiger partial charge on any atom is 0.109 e. The first-order chi connectivity index (χ1) is 13.6. The minimum Gasteiger partial charge on any atom is -0.383 e. The summed E-state index contributed by atoms with van der Waals surface area (Å²) >= 11 is 0. The molecule has 1 N–H and O–H groups in total. The molecule has 4 nitrogen and oxygen atoms in total. The second kappa shape index (κ2) is 8.36. The first-order valence-corrected chi connectivity index (χ1v) is 10.5. The van der Waals surface area contributed by atoms with E-state index in [0.29, 0.717) is 11.8 Å². The van der Waals surface area contributed by atoms with Gasteiger partial charge in [-0.05, 0) is 35.8 Å². The summed E-state index contributed by atoms with van der Waals surface area (Å²) in [6.45, 7) is 15.7. The second-order valence-corrected chi connectivity index (χ2v) is 8.45. The van der Waals surface area contributed by atoms with E-state index in [4.69, 9.17) is 4.98 Å². The quantitative estimate of drug-likeness (QED) is 0.745. The number of hydrogen-bond acceptors (Lipinski definition) is 3. The van der Waals surface area contributed by atoms with Gasteiger partial charge in [0.15, 0.2) is 0 Å². The van der Waals surface area contributed by atoms with E-state index in [-0.39, 0.29) is 0 Å². The fourth-order valence-corrected chi connectivity index (χ4v) is 4.41. The van der Waals surface area contributed by atoms with Crippen LogP contribution >= 0.6 is 0 Å². The van der Waals surface area contributed by atoms with Crippen LogP contribution in [0.3, 0.4) is 0 Å². The summed E-state index contributed by atoms with van der Waals surface area (Å²) in [4.78, 5) is 7.37. The third-order valence-corrected chi connectivity index (χ3v) is 6.12. The van der Waals surface area contributed by atoms with Gasteiger partial charge in [-0.2, -0.15) is 0 Å². The predicted molar refractivity (Wildman–Crippen MR) is 116 cm³/mol. The third-order valence-electron chi connectivity index (χ3n) is 6.12. The van der Waals surface area contributed by atoms with Gasteiger partial charge in [0.25, 0.3) is 0 Å². The highest BCUT2D eigenvalue weighted by Crippen LogP contribution is 2.23. The molecule has 0 aliphatic carbocycles. The van der Waals surface area contributed by atoms with Crippen molar-refractivity contribution in [2.24, 2.45) is 11.8 Å². The fraction of sp³-hybridized carbons (Fsp3) is 0.458. The second-order valence-electron chi connectivity index (χ2n) is 8.45. The van der Waals surface area contributed by atoms with Crippen LogP contribution in [0.4, 0.5) is 0 Å². The number of aromatic nitrogens is 2. The van der Waals surface area contributed by atoms with Crippen LogP contribution in [0.15, 0.2) is 49.7 Å². The summed E-state index contributed by atoms with van der Waals surface area (Å²) in [5, 5.41) is 3.52. The summed E-state index contributed by atoms with van der Waals surface area (Å²) in [6.07, 6.45) is 7.55. The van der Waals surface area contributed by atoms with E-state index in [9.17, 15) is 0 Å². The number of rotatable bonds is 7. The topological polar surface area (TPSA) is 33.1 Å². The van der Waals surface area contributed by atoms with Gasteiger partial charge in [0.05, 0.1) is 5.70 Å². The molecular formula is C24H32N4. The first-order valence-electron chi connectivity index (χ1n) is 10.5. The minimum absolute atomic E-state index is 0.560. The number of nitrogens with one attached hydrogen (secondary N) is 1. The highest BCUT2D eigenvalue weighted by molar-refractivity contribution is 5.57. The van der Waals surface area contributed by atoms with Gasteiger partial charge in [-0.25, -0.2) is 4.98 Å². The Bertz CT molecular complexity index is 850. The van der Waals surface area contributed by atoms with E-state index < -0.39 is 0 Å². The molecule has 0 saturated carbocycles. The van der Waals surface area contributed by atoms with Crippen LogP contribution in [0.1, 0.15) is 36.0 Å². The Morgan fingerprint density at radius 2 is 2.14 bits per heavy atom. The van der Waals surface area contributed by atoms with Gasteiger partial charge < -0.3 is 9.88 Å². The van der Waals surface area contributed by atoms with Crippen molar-refractivity contribution < 1.29 is 0 Å². The normalized spacial score (nSPS) is 20.1. The monoisotopic (exact) mass is 376 g/mol. The van der Waals surface area contributed by atoms with Gasteiger partial charge in [0.2, 0.25) is 0 Å². The van der Waals surface area contributed by atoms with E-state index in [2.05, 4.69) is 71.4 Å². The highest BCUT2D eigenvalue weighted by Gasteiger charge is 2.20. The molecular weight excluding hydrogens is 344 g/mol. The summed E-state index contributed by atoms with van der Waals surface area (Å²) in [6, 6.07) is 8.84. The number of nitrogens with zero attached hydrogens (tertiary/aromatic N) is 3. The summed E-state index contributed by atoms with van der Waals surface area (Å²) < 4.78 is 2.27. The van der Waals surface area contributed by atoms with Gasteiger partial charge in [-0.3, -0.25) is 4.90 Å². The van der Waals surface area contributed by atoms with Gasteiger partial charge in [0.1, 0.15) is 11.5 Å². The minimum atomic E-state index is 0.560.